The average molecular weight is 1470 g/mol. The van der Waals surface area contributed by atoms with Gasteiger partial charge in [-0.3, -0.25) is 0 Å². The average Bonchev–Trinajstić information content (AvgIpc) is 1.60. The number of hydrogen-bond donors (Lipinski definition) is 1. The van der Waals surface area contributed by atoms with Gasteiger partial charge in [-0.1, -0.05) is 303 Å². The fraction of sp³-hybridized carbons (Fsp3) is 0.0183. The van der Waals surface area contributed by atoms with E-state index in [2.05, 4.69) is 410 Å². The molecule has 0 aliphatic carbocycles. The molecule has 1 unspecified atom stereocenters. The second-order valence-corrected chi connectivity index (χ2v) is 30.2. The Balaban J connectivity index is 0.565. The summed E-state index contributed by atoms with van der Waals surface area (Å²) >= 11 is 0. The highest BCUT2D eigenvalue weighted by Crippen LogP contribution is 2.50. The lowest BCUT2D eigenvalue weighted by atomic mass is 9.88. The maximum absolute atomic E-state index is 7.02. The largest absolute Gasteiger partial charge is 0.462 e. The smallest absolute Gasteiger partial charge is 0.227 e. The number of oxazole rings is 1. The van der Waals surface area contributed by atoms with Gasteiger partial charge in [0.2, 0.25) is 11.6 Å². The molecular formula is C109H72N4O2. The van der Waals surface area contributed by atoms with Crippen LogP contribution < -0.4 is 10.1 Å². The van der Waals surface area contributed by atoms with E-state index >= 15 is 0 Å². The van der Waals surface area contributed by atoms with Gasteiger partial charge in [-0.25, -0.2) is 4.98 Å². The number of hydrogen-bond acceptors (Lipinski definition) is 4. The first-order valence-electron chi connectivity index (χ1n) is 39.4. The van der Waals surface area contributed by atoms with Gasteiger partial charge in [0, 0.05) is 49.6 Å². The summed E-state index contributed by atoms with van der Waals surface area (Å²) in [6.45, 7) is 2.14. The lowest BCUT2D eigenvalue weighted by molar-refractivity contribution is 0.140. The van der Waals surface area contributed by atoms with Crippen LogP contribution in [0.3, 0.4) is 0 Å². The van der Waals surface area contributed by atoms with E-state index in [1.54, 1.807) is 0 Å². The Morgan fingerprint density at radius 2 is 0.626 bits per heavy atom. The van der Waals surface area contributed by atoms with Crippen molar-refractivity contribution < 1.29 is 9.15 Å². The molecule has 0 spiro atoms. The fourth-order valence-corrected chi connectivity index (χ4v) is 17.8. The van der Waals surface area contributed by atoms with Gasteiger partial charge in [0.25, 0.3) is 0 Å². The van der Waals surface area contributed by atoms with Crippen molar-refractivity contribution in [2.75, 3.05) is 5.32 Å². The maximum atomic E-state index is 7.02. The van der Waals surface area contributed by atoms with Gasteiger partial charge in [0.1, 0.15) is 11.3 Å². The van der Waals surface area contributed by atoms with Crippen LogP contribution in [0.15, 0.2) is 417 Å². The summed E-state index contributed by atoms with van der Waals surface area (Å²) in [7, 11) is 0. The van der Waals surface area contributed by atoms with Gasteiger partial charge in [0.05, 0.1) is 27.8 Å². The number of aromatic nitrogens is 3. The standard InChI is InChI=1S/C109H72N4O2/c1-109(84-57-49-75(50-58-84)88-28-11-15-32-93(88)95-34-17-13-30-90(95)82-55-63-103-98(68-82)96-66-80(53-61-101(96)112(103)85-25-6-3-7-26-85)73-41-39-72(40-42-73)70-21-4-2-5-22-70)111-107-91(35-20-38-106(107)115-109)76-51-59-86(60-52-76)113-102-62-54-81(79-48-43-71-23-8-9-24-78(71)65-79)67-97(102)99-69-83(56-64-104(99)113)89-29-12-16-33-94(89)92-31-14-10-27-87(92)74-44-46-77(47-45-74)108-110-100-36-18-19-37-105(100)114-108/h2-69,111H,1H3. The lowest BCUT2D eigenvalue weighted by Crippen LogP contribution is -2.33. The summed E-state index contributed by atoms with van der Waals surface area (Å²) in [5.41, 5.74) is 33.6. The SMILES string of the molecule is CC1(c2ccc(-c3ccccc3-c3ccccc3-c3ccc4c(c3)c3cc(-c5ccc(-c6ccccc6)cc5)ccc3n4-c3ccccc3)cc2)Nc2c(cccc2-c2ccc(-n3c4ccc(-c5ccc6ccccc6c5)cc4c4cc(-c5ccccc5-c5ccccc5-c5ccc(-c6nc7ccccc7o6)cc5)ccc43)cc2)O1. The van der Waals surface area contributed by atoms with Crippen LogP contribution in [0.2, 0.25) is 0 Å². The Morgan fingerprint density at radius 1 is 0.261 bits per heavy atom. The molecule has 0 saturated carbocycles. The van der Waals surface area contributed by atoms with Crippen LogP contribution >= 0.6 is 0 Å². The van der Waals surface area contributed by atoms with Gasteiger partial charge < -0.3 is 23.6 Å². The van der Waals surface area contributed by atoms with E-state index in [9.17, 15) is 0 Å². The third-order valence-electron chi connectivity index (χ3n) is 23.5. The van der Waals surface area contributed by atoms with Crippen molar-refractivity contribution in [3.8, 4) is 140 Å². The van der Waals surface area contributed by atoms with Crippen molar-refractivity contribution in [2.24, 2.45) is 0 Å². The minimum absolute atomic E-state index is 0.613. The van der Waals surface area contributed by atoms with Crippen LogP contribution in [0, 0.1) is 0 Å². The molecule has 115 heavy (non-hydrogen) atoms. The van der Waals surface area contributed by atoms with Crippen LogP contribution in [0.1, 0.15) is 12.5 Å². The number of fused-ring (bicyclic) bond motifs is 9. The maximum Gasteiger partial charge on any atom is 0.227 e. The van der Waals surface area contributed by atoms with E-state index in [-0.39, 0.29) is 0 Å². The molecule has 0 saturated heterocycles. The van der Waals surface area contributed by atoms with Gasteiger partial charge in [-0.15, -0.1) is 0 Å². The molecule has 18 aromatic carbocycles. The van der Waals surface area contributed by atoms with Crippen molar-refractivity contribution in [1.82, 2.24) is 14.1 Å². The minimum Gasteiger partial charge on any atom is -0.462 e. The molecule has 6 nitrogen and oxygen atoms in total. The van der Waals surface area contributed by atoms with Crippen molar-refractivity contribution in [3.05, 3.63) is 418 Å². The Labute approximate surface area is 666 Å². The third kappa shape index (κ3) is 11.7. The highest BCUT2D eigenvalue weighted by atomic mass is 16.5. The van der Waals surface area contributed by atoms with Crippen molar-refractivity contribution in [3.63, 3.8) is 0 Å². The number of nitrogens with zero attached hydrogens (tertiary/aromatic N) is 3. The molecule has 540 valence electrons. The summed E-state index contributed by atoms with van der Waals surface area (Å²) in [5.74, 6) is 1.42. The molecule has 22 rings (SSSR count). The first kappa shape index (κ1) is 66.8. The van der Waals surface area contributed by atoms with E-state index in [0.717, 1.165) is 128 Å². The molecule has 4 heterocycles. The lowest BCUT2D eigenvalue weighted by Gasteiger charge is -2.25. The number of para-hydroxylation sites is 4. The van der Waals surface area contributed by atoms with Crippen molar-refractivity contribution in [2.45, 2.75) is 12.6 Å². The number of rotatable bonds is 14. The molecule has 3 aromatic heterocycles. The second-order valence-electron chi connectivity index (χ2n) is 30.2. The Kier molecular flexibility index (Phi) is 15.9. The van der Waals surface area contributed by atoms with Gasteiger partial charge in [-0.2, -0.15) is 0 Å². The predicted molar refractivity (Wildman–Crippen MR) is 478 cm³/mol. The van der Waals surface area contributed by atoms with Gasteiger partial charge in [-0.05, 0) is 233 Å². The van der Waals surface area contributed by atoms with E-state index in [1.807, 2.05) is 24.3 Å². The van der Waals surface area contributed by atoms with E-state index in [0.29, 0.717) is 5.89 Å². The highest BCUT2D eigenvalue weighted by molar-refractivity contribution is 6.14. The zero-order valence-corrected chi connectivity index (χ0v) is 62.9. The van der Waals surface area contributed by atoms with Crippen LogP contribution in [0.4, 0.5) is 5.69 Å². The number of benzene rings is 18. The molecule has 0 bridgehead atoms. The second kappa shape index (κ2) is 27.4. The summed E-state index contributed by atoms with van der Waals surface area (Å²) in [4.78, 5) is 4.79. The van der Waals surface area contributed by atoms with Crippen molar-refractivity contribution >= 4 is 71.2 Å². The van der Waals surface area contributed by atoms with Crippen LogP contribution in [-0.4, -0.2) is 14.1 Å². The molecule has 0 radical (unpaired) electrons. The molecule has 1 N–H and O–H groups in total. The Hall–Kier alpha value is -15.1. The zero-order chi connectivity index (χ0) is 76.1. The van der Waals surface area contributed by atoms with E-state index in [4.69, 9.17) is 14.1 Å². The predicted octanol–water partition coefficient (Wildman–Crippen LogP) is 29.2. The highest BCUT2D eigenvalue weighted by Gasteiger charge is 2.38. The van der Waals surface area contributed by atoms with Crippen LogP contribution in [0.5, 0.6) is 5.75 Å². The Morgan fingerprint density at radius 3 is 1.18 bits per heavy atom. The van der Waals surface area contributed by atoms with E-state index in [1.165, 1.54) is 82.3 Å². The van der Waals surface area contributed by atoms with Crippen molar-refractivity contribution in [1.29, 1.82) is 0 Å². The first-order valence-corrected chi connectivity index (χ1v) is 39.4. The zero-order valence-electron chi connectivity index (χ0n) is 62.9. The summed E-state index contributed by atoms with van der Waals surface area (Å²) in [6.07, 6.45) is 0. The first-order chi connectivity index (χ1) is 56.8. The van der Waals surface area contributed by atoms with Gasteiger partial charge in [0.15, 0.2) is 5.58 Å². The molecule has 1 aliphatic rings. The molecule has 0 fully saturated rings. The van der Waals surface area contributed by atoms with E-state index < -0.39 is 5.72 Å². The molecule has 6 heteroatoms. The number of nitrogens with one attached hydrogen (secondary N) is 1. The normalized spacial score (nSPS) is 13.3. The molecule has 1 atom stereocenters. The molecular weight excluding hydrogens is 1400 g/mol. The summed E-state index contributed by atoms with van der Waals surface area (Å²) in [5, 5.41) is 11.1. The third-order valence-corrected chi connectivity index (χ3v) is 23.5. The minimum atomic E-state index is -0.849. The quantitative estimate of drug-likeness (QED) is 0.118. The Bertz CT molecular complexity index is 7350. The number of anilines is 1. The summed E-state index contributed by atoms with van der Waals surface area (Å²) in [6, 6.07) is 150. The summed E-state index contributed by atoms with van der Waals surface area (Å²) < 4.78 is 18.0. The van der Waals surface area contributed by atoms with Crippen LogP contribution in [-0.2, 0) is 5.72 Å². The topological polar surface area (TPSA) is 57.2 Å². The molecule has 21 aromatic rings. The van der Waals surface area contributed by atoms with Crippen LogP contribution in [0.25, 0.3) is 200 Å². The fourth-order valence-electron chi connectivity index (χ4n) is 17.8. The molecule has 1 aliphatic heterocycles. The van der Waals surface area contributed by atoms with Gasteiger partial charge >= 0.3 is 0 Å². The molecule has 0 amide bonds. The monoisotopic (exact) mass is 1470 g/mol. The number of ether oxygens (including phenoxy) is 1.